The number of aromatic nitrogens is 6. The van der Waals surface area contributed by atoms with E-state index in [0.717, 1.165) is 4.90 Å². The van der Waals surface area contributed by atoms with E-state index >= 15 is 0 Å². The van der Waals surface area contributed by atoms with Crippen LogP contribution in [0, 0.1) is 13.1 Å². The molecule has 0 saturated carbocycles. The zero-order valence-corrected chi connectivity index (χ0v) is 21.0. The second kappa shape index (κ2) is 9.08. The van der Waals surface area contributed by atoms with Crippen molar-refractivity contribution in [3.63, 3.8) is 0 Å². The van der Waals surface area contributed by atoms with Gasteiger partial charge in [-0.3, -0.25) is 9.59 Å². The molecule has 0 unspecified atom stereocenters. The minimum absolute atomic E-state index is 0.105. The molecule has 1 aliphatic heterocycles. The molecule has 0 aliphatic carbocycles. The van der Waals surface area contributed by atoms with Crippen molar-refractivity contribution in [2.45, 2.75) is 0 Å². The summed E-state index contributed by atoms with van der Waals surface area (Å²) in [6.07, 6.45) is 0. The van der Waals surface area contributed by atoms with Crippen molar-refractivity contribution in [3.05, 3.63) is 125 Å². The summed E-state index contributed by atoms with van der Waals surface area (Å²) in [5, 5.41) is 0. The number of amides is 2. The van der Waals surface area contributed by atoms with E-state index < -0.39 is 11.8 Å². The SMILES string of the molecule is [C-]#[N+]c1nc2c(nc1[N+]#[C-])[n+](-c1ccccc1)c1nc3c(nc1[n+]2-c1ccccc1)C(=O)N(c1ccccc1)C3=O. The second-order valence-electron chi connectivity index (χ2n) is 8.93. The number of hydrogen-bond acceptors (Lipinski definition) is 6. The summed E-state index contributed by atoms with van der Waals surface area (Å²) in [5.74, 6) is -1.56. The van der Waals surface area contributed by atoms with Gasteiger partial charge in [0.25, 0.3) is 23.0 Å². The van der Waals surface area contributed by atoms with Crippen molar-refractivity contribution < 1.29 is 18.7 Å². The first-order chi connectivity index (χ1) is 20.1. The van der Waals surface area contributed by atoms with Gasteiger partial charge in [-0.05, 0) is 36.4 Å². The van der Waals surface area contributed by atoms with Crippen LogP contribution >= 0.6 is 0 Å². The smallest absolute Gasteiger partial charge is 0.347 e. The highest BCUT2D eigenvalue weighted by Crippen LogP contribution is 2.29. The lowest BCUT2D eigenvalue weighted by atomic mass is 10.2. The van der Waals surface area contributed by atoms with E-state index in [0.29, 0.717) is 17.1 Å². The Labute approximate surface area is 231 Å². The number of para-hydroxylation sites is 3. The molecular weight excluding hydrogens is 518 g/mol. The van der Waals surface area contributed by atoms with Crippen molar-refractivity contribution in [2.75, 3.05) is 4.90 Å². The molecule has 6 aromatic rings. The fourth-order valence-electron chi connectivity index (χ4n) is 4.83. The fourth-order valence-corrected chi connectivity index (χ4v) is 4.83. The Morgan fingerprint density at radius 3 is 1.29 bits per heavy atom. The van der Waals surface area contributed by atoms with E-state index in [1.54, 1.807) is 39.5 Å². The third kappa shape index (κ3) is 3.51. The number of imide groups is 1. The molecule has 11 heteroatoms. The van der Waals surface area contributed by atoms with E-state index in [9.17, 15) is 9.59 Å². The number of nitrogens with zero attached hydrogens (tertiary/aromatic N) is 9. The van der Waals surface area contributed by atoms with Gasteiger partial charge in [0.05, 0.1) is 5.69 Å². The molecule has 1 aliphatic rings. The number of carbonyl (C=O) groups excluding carboxylic acids is 2. The lowest BCUT2D eigenvalue weighted by molar-refractivity contribution is -0.587. The lowest BCUT2D eigenvalue weighted by Crippen LogP contribution is -2.45. The number of fused-ring (bicyclic) bond motifs is 3. The molecule has 2 amide bonds. The maximum Gasteiger partial charge on any atom is 0.347 e. The molecule has 0 radical (unpaired) electrons. The van der Waals surface area contributed by atoms with Crippen LogP contribution in [0.2, 0.25) is 0 Å². The highest BCUT2D eigenvalue weighted by atomic mass is 16.2. The lowest BCUT2D eigenvalue weighted by Gasteiger charge is -2.11. The number of anilines is 1. The fraction of sp³-hybridized carbons (Fsp3) is 0. The van der Waals surface area contributed by atoms with Gasteiger partial charge in [0.15, 0.2) is 0 Å². The minimum atomic E-state index is -0.604. The van der Waals surface area contributed by atoms with Crippen molar-refractivity contribution in [3.8, 4) is 11.4 Å². The molecule has 11 nitrogen and oxygen atoms in total. The molecule has 3 aromatic carbocycles. The van der Waals surface area contributed by atoms with Gasteiger partial charge in [0.2, 0.25) is 0 Å². The Morgan fingerprint density at radius 1 is 0.537 bits per heavy atom. The second-order valence-corrected chi connectivity index (χ2v) is 8.93. The monoisotopic (exact) mass is 533 g/mol. The molecule has 4 heterocycles. The van der Waals surface area contributed by atoms with E-state index in [4.69, 9.17) is 23.1 Å². The molecule has 41 heavy (non-hydrogen) atoms. The first-order valence-corrected chi connectivity index (χ1v) is 12.3. The summed E-state index contributed by atoms with van der Waals surface area (Å²) in [6, 6.07) is 26.8. The summed E-state index contributed by atoms with van der Waals surface area (Å²) in [5.41, 5.74) is 2.26. The minimum Gasteiger partial charge on any atom is -0.379 e. The van der Waals surface area contributed by atoms with Crippen molar-refractivity contribution >= 4 is 51.7 Å². The molecule has 7 rings (SSSR count). The van der Waals surface area contributed by atoms with Crippen molar-refractivity contribution in [2.24, 2.45) is 0 Å². The molecule has 0 saturated heterocycles. The molecule has 0 bridgehead atoms. The third-order valence-electron chi connectivity index (χ3n) is 6.60. The van der Waals surface area contributed by atoms with Crippen molar-refractivity contribution in [1.82, 2.24) is 19.9 Å². The summed E-state index contributed by atoms with van der Waals surface area (Å²) in [4.78, 5) is 53.7. The maximum atomic E-state index is 13.6. The molecule has 0 spiro atoms. The largest absolute Gasteiger partial charge is 0.379 e. The number of hydrogen-bond donors (Lipinski definition) is 0. The number of rotatable bonds is 3. The topological polar surface area (TPSA) is 105 Å². The Hall–Kier alpha value is -6.46. The standard InChI is InChI=1S/C30H15N9O2/c1-31-23-24(32-2)36-28-27(35-23)37(18-12-6-3-7-13-18)25-26(38(28)19-14-8-4-9-15-19)34-22-21(33-25)29(40)39(30(22)41)20-16-10-5-11-17-20/h3-17H/q+2. The normalized spacial score (nSPS) is 12.4. The van der Waals surface area contributed by atoms with Crippen LogP contribution in [0.4, 0.5) is 17.3 Å². The van der Waals surface area contributed by atoms with Gasteiger partial charge in [0.1, 0.15) is 11.4 Å². The van der Waals surface area contributed by atoms with Gasteiger partial charge in [-0.25, -0.2) is 4.90 Å². The van der Waals surface area contributed by atoms with Crippen LogP contribution in [0.25, 0.3) is 43.7 Å². The first-order valence-electron chi connectivity index (χ1n) is 12.3. The van der Waals surface area contributed by atoms with Crippen molar-refractivity contribution in [1.29, 1.82) is 0 Å². The highest BCUT2D eigenvalue weighted by molar-refractivity contribution is 6.33. The van der Waals surface area contributed by atoms with Crippen LogP contribution in [0.3, 0.4) is 0 Å². The summed E-state index contributed by atoms with van der Waals surface area (Å²) >= 11 is 0. The molecule has 0 atom stereocenters. The summed E-state index contributed by atoms with van der Waals surface area (Å²) in [6.45, 7) is 15.2. The van der Waals surface area contributed by atoms with Crippen LogP contribution in [0.5, 0.6) is 0 Å². The highest BCUT2D eigenvalue weighted by Gasteiger charge is 2.46. The molecule has 0 N–H and O–H groups in total. The number of benzene rings is 3. The van der Waals surface area contributed by atoms with E-state index in [1.807, 2.05) is 60.7 Å². The third-order valence-corrected chi connectivity index (χ3v) is 6.60. The Balaban J connectivity index is 1.67. The zero-order valence-electron chi connectivity index (χ0n) is 21.0. The van der Waals surface area contributed by atoms with Crippen LogP contribution in [-0.4, -0.2) is 31.8 Å². The van der Waals surface area contributed by atoms with Gasteiger partial charge in [-0.1, -0.05) is 77.7 Å². The molecular formula is C30H15N9O2+2. The predicted octanol–water partition coefficient (Wildman–Crippen LogP) is 4.03. The van der Waals surface area contributed by atoms with E-state index in [2.05, 4.69) is 19.7 Å². The first kappa shape index (κ1) is 23.6. The van der Waals surface area contributed by atoms with Crippen LogP contribution in [0.15, 0.2) is 91.0 Å². The average molecular weight is 534 g/mol. The molecule has 3 aromatic heterocycles. The summed E-state index contributed by atoms with van der Waals surface area (Å²) < 4.78 is 3.27. The van der Waals surface area contributed by atoms with Crippen LogP contribution in [-0.2, 0) is 0 Å². The molecule has 0 fully saturated rings. The Bertz CT molecular complexity index is 2020. The molecule has 190 valence electrons. The van der Waals surface area contributed by atoms with Crippen LogP contribution in [0.1, 0.15) is 21.0 Å². The van der Waals surface area contributed by atoms with E-state index in [1.165, 1.54) is 0 Å². The zero-order chi connectivity index (χ0) is 28.1. The summed E-state index contributed by atoms with van der Waals surface area (Å²) in [7, 11) is 0. The van der Waals surface area contributed by atoms with E-state index in [-0.39, 0.29) is 45.6 Å². The van der Waals surface area contributed by atoms with Gasteiger partial charge < -0.3 is 9.69 Å². The van der Waals surface area contributed by atoms with Gasteiger partial charge in [0, 0.05) is 0 Å². The Kier molecular flexibility index (Phi) is 5.24. The van der Waals surface area contributed by atoms with Gasteiger partial charge in [-0.15, -0.1) is 9.97 Å². The van der Waals surface area contributed by atoms with Crippen LogP contribution < -0.4 is 14.0 Å². The maximum absolute atomic E-state index is 13.6. The quantitative estimate of drug-likeness (QED) is 0.147. The Morgan fingerprint density at radius 2 is 0.902 bits per heavy atom. The van der Waals surface area contributed by atoms with Gasteiger partial charge >= 0.3 is 34.4 Å². The average Bonchev–Trinajstić information content (AvgIpc) is 3.27. The predicted molar refractivity (Wildman–Crippen MR) is 146 cm³/mol. The van der Waals surface area contributed by atoms with Gasteiger partial charge in [-0.2, -0.15) is 9.13 Å². The number of carbonyl (C=O) groups is 2.